The molecular formula is C13H15N3O4. The van der Waals surface area contributed by atoms with Crippen molar-refractivity contribution in [1.29, 1.82) is 0 Å². The summed E-state index contributed by atoms with van der Waals surface area (Å²) in [5, 5.41) is 10.4. The molecule has 0 saturated carbocycles. The lowest BCUT2D eigenvalue weighted by Crippen LogP contribution is -2.48. The normalized spacial score (nSPS) is 16.2. The first kappa shape index (κ1) is 14.2. The first-order chi connectivity index (χ1) is 9.66. The highest BCUT2D eigenvalue weighted by atomic mass is 16.5. The molecule has 0 unspecified atom stereocenters. The predicted octanol–water partition coefficient (Wildman–Crippen LogP) is 0.156. The average Bonchev–Trinajstić information content (AvgIpc) is 2.46. The summed E-state index contributed by atoms with van der Waals surface area (Å²) in [6, 6.07) is 3.29. The van der Waals surface area contributed by atoms with Crippen molar-refractivity contribution in [3.05, 3.63) is 35.7 Å². The van der Waals surface area contributed by atoms with Gasteiger partial charge < -0.3 is 9.84 Å². The van der Waals surface area contributed by atoms with E-state index in [1.807, 2.05) is 0 Å². The molecule has 0 spiro atoms. The minimum atomic E-state index is -1.08. The number of pyridine rings is 1. The maximum absolute atomic E-state index is 12.1. The first-order valence-electron chi connectivity index (χ1n) is 6.16. The number of morpholine rings is 1. The third-order valence-electron chi connectivity index (χ3n) is 2.73. The number of carbonyl (C=O) groups is 2. The fourth-order valence-electron chi connectivity index (χ4n) is 1.77. The van der Waals surface area contributed by atoms with Crippen LogP contribution in [0.5, 0.6) is 0 Å². The number of rotatable bonds is 4. The smallest absolute Gasteiger partial charge is 0.328 e. The predicted molar refractivity (Wildman–Crippen MR) is 70.8 cm³/mol. The van der Waals surface area contributed by atoms with Crippen molar-refractivity contribution in [1.82, 2.24) is 15.4 Å². The highest BCUT2D eigenvalue weighted by molar-refractivity contribution is 5.96. The number of hydrogen-bond acceptors (Lipinski definition) is 5. The summed E-state index contributed by atoms with van der Waals surface area (Å²) >= 11 is 0. The summed E-state index contributed by atoms with van der Waals surface area (Å²) in [7, 11) is 0. The van der Waals surface area contributed by atoms with Gasteiger partial charge in [-0.15, -0.1) is 0 Å². The van der Waals surface area contributed by atoms with E-state index in [2.05, 4.69) is 10.4 Å². The van der Waals surface area contributed by atoms with Gasteiger partial charge in [0.05, 0.1) is 13.2 Å². The van der Waals surface area contributed by atoms with Crippen LogP contribution in [0.1, 0.15) is 16.1 Å². The van der Waals surface area contributed by atoms with Crippen molar-refractivity contribution in [3.63, 3.8) is 0 Å². The second-order valence-electron chi connectivity index (χ2n) is 4.15. The Morgan fingerprint density at radius 1 is 1.40 bits per heavy atom. The van der Waals surface area contributed by atoms with Crippen molar-refractivity contribution in [2.45, 2.75) is 0 Å². The van der Waals surface area contributed by atoms with Gasteiger partial charge in [0.1, 0.15) is 5.69 Å². The molecule has 0 aliphatic carbocycles. The lowest BCUT2D eigenvalue weighted by Gasteiger charge is -2.26. The second kappa shape index (κ2) is 6.78. The van der Waals surface area contributed by atoms with Gasteiger partial charge in [0.25, 0.3) is 5.91 Å². The van der Waals surface area contributed by atoms with Gasteiger partial charge in [0, 0.05) is 30.9 Å². The van der Waals surface area contributed by atoms with Crippen molar-refractivity contribution in [2.24, 2.45) is 0 Å². The van der Waals surface area contributed by atoms with Gasteiger partial charge in [0.2, 0.25) is 0 Å². The molecule has 1 amide bonds. The molecule has 7 heteroatoms. The first-order valence-corrected chi connectivity index (χ1v) is 6.16. The van der Waals surface area contributed by atoms with Crippen molar-refractivity contribution in [3.8, 4) is 0 Å². The Kier molecular flexibility index (Phi) is 4.80. The molecule has 20 heavy (non-hydrogen) atoms. The Labute approximate surface area is 115 Å². The zero-order valence-corrected chi connectivity index (χ0v) is 10.8. The SMILES string of the molecule is O=C(O)/C=C/c1cccnc1C(=O)NN1CCOCC1. The zero-order valence-electron chi connectivity index (χ0n) is 10.8. The standard InChI is InChI=1S/C13H15N3O4/c17-11(18)4-3-10-2-1-5-14-12(10)13(19)15-16-6-8-20-9-7-16/h1-5H,6-9H2,(H,15,19)(H,17,18)/b4-3+. The maximum Gasteiger partial charge on any atom is 0.328 e. The Bertz CT molecular complexity index is 524. The number of ether oxygens (including phenoxy) is 1. The third kappa shape index (κ3) is 3.87. The van der Waals surface area contributed by atoms with Crippen LogP contribution in [0.15, 0.2) is 24.4 Å². The Hall–Kier alpha value is -2.25. The van der Waals surface area contributed by atoms with E-state index in [9.17, 15) is 9.59 Å². The van der Waals surface area contributed by atoms with E-state index < -0.39 is 5.97 Å². The van der Waals surface area contributed by atoms with Gasteiger partial charge in [-0.3, -0.25) is 15.2 Å². The van der Waals surface area contributed by atoms with Gasteiger partial charge in [-0.25, -0.2) is 9.80 Å². The number of hydrazine groups is 1. The lowest BCUT2D eigenvalue weighted by atomic mass is 10.1. The molecule has 1 saturated heterocycles. The van der Waals surface area contributed by atoms with E-state index in [-0.39, 0.29) is 11.6 Å². The number of carboxylic acid groups (broad SMARTS) is 1. The van der Waals surface area contributed by atoms with Gasteiger partial charge in [-0.2, -0.15) is 0 Å². The molecule has 1 fully saturated rings. The van der Waals surface area contributed by atoms with Gasteiger partial charge in [-0.1, -0.05) is 6.07 Å². The van der Waals surface area contributed by atoms with Crippen LogP contribution in [0.2, 0.25) is 0 Å². The quantitative estimate of drug-likeness (QED) is 0.762. The molecule has 7 nitrogen and oxygen atoms in total. The number of amides is 1. The van der Waals surface area contributed by atoms with E-state index in [4.69, 9.17) is 9.84 Å². The number of nitrogens with zero attached hydrogens (tertiary/aromatic N) is 2. The van der Waals surface area contributed by atoms with Gasteiger partial charge in [0.15, 0.2) is 0 Å². The molecule has 1 aliphatic heterocycles. The number of nitrogens with one attached hydrogen (secondary N) is 1. The molecule has 0 atom stereocenters. The Balaban J connectivity index is 2.10. The molecule has 1 aromatic rings. The van der Waals surface area contributed by atoms with E-state index in [0.717, 1.165) is 6.08 Å². The van der Waals surface area contributed by atoms with Crippen LogP contribution in [0, 0.1) is 0 Å². The summed E-state index contributed by atoms with van der Waals surface area (Å²) in [6.07, 6.45) is 3.82. The molecule has 2 N–H and O–H groups in total. The molecule has 2 heterocycles. The number of hydrogen-bond donors (Lipinski definition) is 2. The van der Waals surface area contributed by atoms with Crippen LogP contribution < -0.4 is 5.43 Å². The molecule has 0 aromatic carbocycles. The summed E-state index contributed by atoms with van der Waals surface area (Å²) in [6.45, 7) is 2.35. The third-order valence-corrected chi connectivity index (χ3v) is 2.73. The molecular weight excluding hydrogens is 262 g/mol. The van der Waals surface area contributed by atoms with Crippen LogP contribution >= 0.6 is 0 Å². The fourth-order valence-corrected chi connectivity index (χ4v) is 1.77. The average molecular weight is 277 g/mol. The van der Waals surface area contributed by atoms with Crippen LogP contribution in [0.25, 0.3) is 6.08 Å². The van der Waals surface area contributed by atoms with Crippen LogP contribution in [0.4, 0.5) is 0 Å². The summed E-state index contributed by atoms with van der Waals surface area (Å²) in [5.41, 5.74) is 3.38. The molecule has 0 bridgehead atoms. The summed E-state index contributed by atoms with van der Waals surface area (Å²) in [4.78, 5) is 26.7. The monoisotopic (exact) mass is 277 g/mol. The lowest BCUT2D eigenvalue weighted by molar-refractivity contribution is -0.131. The van der Waals surface area contributed by atoms with E-state index in [0.29, 0.717) is 31.9 Å². The van der Waals surface area contributed by atoms with E-state index >= 15 is 0 Å². The van der Waals surface area contributed by atoms with Crippen molar-refractivity contribution in [2.75, 3.05) is 26.3 Å². The minimum Gasteiger partial charge on any atom is -0.478 e. The van der Waals surface area contributed by atoms with E-state index in [1.165, 1.54) is 12.3 Å². The van der Waals surface area contributed by atoms with E-state index in [1.54, 1.807) is 17.1 Å². The molecule has 106 valence electrons. The van der Waals surface area contributed by atoms with Crippen molar-refractivity contribution < 1.29 is 19.4 Å². The molecule has 1 aliphatic rings. The second-order valence-corrected chi connectivity index (χ2v) is 4.15. The van der Waals surface area contributed by atoms with Crippen molar-refractivity contribution >= 4 is 18.0 Å². The van der Waals surface area contributed by atoms with Crippen LogP contribution in [-0.4, -0.2) is 53.3 Å². The number of aromatic nitrogens is 1. The van der Waals surface area contributed by atoms with Gasteiger partial charge in [-0.05, 0) is 12.1 Å². The van der Waals surface area contributed by atoms with Crippen LogP contribution in [0.3, 0.4) is 0 Å². The molecule has 1 aromatic heterocycles. The Morgan fingerprint density at radius 3 is 2.85 bits per heavy atom. The summed E-state index contributed by atoms with van der Waals surface area (Å²) < 4.78 is 5.19. The number of aliphatic carboxylic acids is 1. The number of carbonyl (C=O) groups excluding carboxylic acids is 1. The highest BCUT2D eigenvalue weighted by Crippen LogP contribution is 2.08. The molecule has 0 radical (unpaired) electrons. The van der Waals surface area contributed by atoms with Crippen LogP contribution in [-0.2, 0) is 9.53 Å². The molecule has 2 rings (SSSR count). The highest BCUT2D eigenvalue weighted by Gasteiger charge is 2.16. The largest absolute Gasteiger partial charge is 0.478 e. The topological polar surface area (TPSA) is 91.8 Å². The Morgan fingerprint density at radius 2 is 2.15 bits per heavy atom. The fraction of sp³-hybridized carbons (Fsp3) is 0.308. The summed E-state index contributed by atoms with van der Waals surface area (Å²) in [5.74, 6) is -1.44. The maximum atomic E-state index is 12.1. The zero-order chi connectivity index (χ0) is 14.4. The number of carboxylic acids is 1. The minimum absolute atomic E-state index is 0.191. The van der Waals surface area contributed by atoms with Gasteiger partial charge >= 0.3 is 5.97 Å².